The first-order valence-corrected chi connectivity index (χ1v) is 2.88. The Bertz CT molecular complexity index is 70.5. The monoisotopic (exact) mass is 117 g/mol. The van der Waals surface area contributed by atoms with Crippen molar-refractivity contribution in [2.45, 2.75) is 13.8 Å². The van der Waals surface area contributed by atoms with Crippen LogP contribution in [-0.2, 0) is 0 Å². The van der Waals surface area contributed by atoms with E-state index in [-0.39, 0.29) is 0 Å². The fourth-order valence-electron chi connectivity index (χ4n) is 0.270. The van der Waals surface area contributed by atoms with Gasteiger partial charge in [-0.25, -0.2) is 0 Å². The summed E-state index contributed by atoms with van der Waals surface area (Å²) in [6.45, 7) is 8.81. The minimum Gasteiger partial charge on any atom is -0.360 e. The standard InChI is InChI=1S/C5H12NP/c1-4-6(7)5(2)3/h2,4,7H2,1,3H3. The SMILES string of the molecule is C=C(C)N(P)CC. The zero-order valence-electron chi connectivity index (χ0n) is 4.94. The van der Waals surface area contributed by atoms with Gasteiger partial charge in [0.2, 0.25) is 0 Å². The first-order chi connectivity index (χ1) is 3.18. The highest BCUT2D eigenvalue weighted by atomic mass is 31.0. The lowest BCUT2D eigenvalue weighted by Crippen LogP contribution is -2.04. The minimum atomic E-state index is 1.01. The van der Waals surface area contributed by atoms with Crippen molar-refractivity contribution in [3.05, 3.63) is 12.3 Å². The van der Waals surface area contributed by atoms with Crippen molar-refractivity contribution < 1.29 is 0 Å². The van der Waals surface area contributed by atoms with Crippen LogP contribution in [0.1, 0.15) is 13.8 Å². The molecule has 0 saturated heterocycles. The lowest BCUT2D eigenvalue weighted by atomic mass is 10.5. The first kappa shape index (κ1) is 6.97. The molecule has 0 aliphatic heterocycles. The van der Waals surface area contributed by atoms with E-state index >= 15 is 0 Å². The van der Waals surface area contributed by atoms with Gasteiger partial charge >= 0.3 is 0 Å². The summed E-state index contributed by atoms with van der Waals surface area (Å²) in [6.07, 6.45) is 0. The largest absolute Gasteiger partial charge is 0.360 e. The van der Waals surface area contributed by atoms with Gasteiger partial charge in [-0.3, -0.25) is 0 Å². The lowest BCUT2D eigenvalue weighted by molar-refractivity contribution is 0.609. The zero-order chi connectivity index (χ0) is 5.86. The maximum absolute atomic E-state index is 3.73. The molecule has 0 aromatic heterocycles. The van der Waals surface area contributed by atoms with E-state index in [1.807, 2.05) is 11.6 Å². The van der Waals surface area contributed by atoms with Gasteiger partial charge in [-0.1, -0.05) is 6.58 Å². The number of allylic oxidation sites excluding steroid dienone is 1. The molecule has 0 saturated carbocycles. The molecule has 2 heteroatoms. The van der Waals surface area contributed by atoms with Gasteiger partial charge in [0.25, 0.3) is 0 Å². The molecule has 0 spiro atoms. The molecule has 7 heavy (non-hydrogen) atoms. The maximum atomic E-state index is 3.73. The van der Waals surface area contributed by atoms with Crippen LogP contribution in [0.25, 0.3) is 0 Å². The summed E-state index contributed by atoms with van der Waals surface area (Å²) in [5, 5.41) is 0. The summed E-state index contributed by atoms with van der Waals surface area (Å²) in [7, 11) is 2.58. The van der Waals surface area contributed by atoms with Crippen LogP contribution < -0.4 is 0 Å². The molecular weight excluding hydrogens is 105 g/mol. The van der Waals surface area contributed by atoms with Gasteiger partial charge in [0.15, 0.2) is 0 Å². The molecule has 0 aliphatic rings. The molecule has 0 radical (unpaired) electrons. The van der Waals surface area contributed by atoms with E-state index in [0.717, 1.165) is 12.2 Å². The van der Waals surface area contributed by atoms with Crippen LogP contribution in [0, 0.1) is 0 Å². The third-order valence-corrected chi connectivity index (χ3v) is 1.64. The summed E-state index contributed by atoms with van der Waals surface area (Å²) in [6, 6.07) is 0. The Morgan fingerprint density at radius 1 is 1.86 bits per heavy atom. The second kappa shape index (κ2) is 3.04. The van der Waals surface area contributed by atoms with E-state index in [1.165, 1.54) is 0 Å². The molecule has 1 unspecified atom stereocenters. The quantitative estimate of drug-likeness (QED) is 0.497. The van der Waals surface area contributed by atoms with E-state index in [1.54, 1.807) is 0 Å². The molecule has 0 aliphatic carbocycles. The van der Waals surface area contributed by atoms with Crippen molar-refractivity contribution >= 4 is 9.39 Å². The second-order valence-electron chi connectivity index (χ2n) is 1.52. The molecular formula is C5H12NP. The predicted octanol–water partition coefficient (Wildman–Crippen LogP) is 1.63. The fraction of sp³-hybridized carbons (Fsp3) is 0.600. The molecule has 0 rings (SSSR count). The van der Waals surface area contributed by atoms with Crippen LogP contribution in [0.15, 0.2) is 12.3 Å². The molecule has 42 valence electrons. The van der Waals surface area contributed by atoms with Gasteiger partial charge in [-0.15, -0.1) is 0 Å². The van der Waals surface area contributed by atoms with Crippen molar-refractivity contribution in [1.82, 2.24) is 4.67 Å². The van der Waals surface area contributed by atoms with Crippen LogP contribution in [0.4, 0.5) is 0 Å². The van der Waals surface area contributed by atoms with Gasteiger partial charge in [0.05, 0.1) is 0 Å². The normalized spacial score (nSPS) is 8.43. The van der Waals surface area contributed by atoms with Crippen molar-refractivity contribution in [2.75, 3.05) is 6.54 Å². The van der Waals surface area contributed by atoms with Crippen LogP contribution in [0.5, 0.6) is 0 Å². The number of hydrogen-bond donors (Lipinski definition) is 0. The van der Waals surface area contributed by atoms with Gasteiger partial charge in [-0.2, -0.15) is 0 Å². The Kier molecular flexibility index (Phi) is 3.02. The highest BCUT2D eigenvalue weighted by Gasteiger charge is 1.86. The first-order valence-electron chi connectivity index (χ1n) is 2.36. The van der Waals surface area contributed by atoms with Gasteiger partial charge < -0.3 is 4.67 Å². The predicted molar refractivity (Wildman–Crippen MR) is 36.9 cm³/mol. The van der Waals surface area contributed by atoms with Gasteiger partial charge in [-0.05, 0) is 23.2 Å². The number of rotatable bonds is 2. The average Bonchev–Trinajstić information content (AvgIpc) is 1.65. The van der Waals surface area contributed by atoms with Gasteiger partial charge in [0, 0.05) is 12.2 Å². The van der Waals surface area contributed by atoms with Crippen molar-refractivity contribution in [1.29, 1.82) is 0 Å². The smallest absolute Gasteiger partial charge is 0.0180 e. The van der Waals surface area contributed by atoms with Crippen LogP contribution >= 0.6 is 9.39 Å². The highest BCUT2D eigenvalue weighted by Crippen LogP contribution is 2.04. The van der Waals surface area contributed by atoms with E-state index in [9.17, 15) is 0 Å². The topological polar surface area (TPSA) is 3.24 Å². The summed E-state index contributed by atoms with van der Waals surface area (Å²) in [5.41, 5.74) is 1.09. The van der Waals surface area contributed by atoms with Crippen molar-refractivity contribution in [2.24, 2.45) is 0 Å². The Hall–Kier alpha value is -0.0300. The second-order valence-corrected chi connectivity index (χ2v) is 2.14. The molecule has 0 fully saturated rings. The third-order valence-electron chi connectivity index (χ3n) is 0.831. The van der Waals surface area contributed by atoms with E-state index < -0.39 is 0 Å². The van der Waals surface area contributed by atoms with E-state index in [2.05, 4.69) is 22.9 Å². The average molecular weight is 117 g/mol. The Balaban J connectivity index is 3.34. The fourth-order valence-corrected chi connectivity index (χ4v) is 0.270. The Labute approximate surface area is 47.7 Å². The molecule has 0 aromatic carbocycles. The van der Waals surface area contributed by atoms with E-state index in [0.29, 0.717) is 0 Å². The van der Waals surface area contributed by atoms with Crippen molar-refractivity contribution in [3.63, 3.8) is 0 Å². The third kappa shape index (κ3) is 2.64. The molecule has 0 amide bonds. The number of nitrogens with zero attached hydrogens (tertiary/aromatic N) is 1. The molecule has 1 atom stereocenters. The Morgan fingerprint density at radius 3 is 2.29 bits per heavy atom. The summed E-state index contributed by atoms with van der Waals surface area (Å²) >= 11 is 0. The number of hydrogen-bond acceptors (Lipinski definition) is 1. The van der Waals surface area contributed by atoms with Crippen LogP contribution in [0.3, 0.4) is 0 Å². The molecule has 0 aromatic rings. The van der Waals surface area contributed by atoms with Crippen LogP contribution in [-0.4, -0.2) is 11.2 Å². The van der Waals surface area contributed by atoms with Gasteiger partial charge in [0.1, 0.15) is 0 Å². The highest BCUT2D eigenvalue weighted by molar-refractivity contribution is 7.13. The summed E-state index contributed by atoms with van der Waals surface area (Å²) in [5.74, 6) is 0. The Morgan fingerprint density at radius 2 is 2.29 bits per heavy atom. The van der Waals surface area contributed by atoms with E-state index in [4.69, 9.17) is 0 Å². The summed E-state index contributed by atoms with van der Waals surface area (Å²) in [4.78, 5) is 0. The summed E-state index contributed by atoms with van der Waals surface area (Å²) < 4.78 is 2.01. The minimum absolute atomic E-state index is 1.01. The van der Waals surface area contributed by atoms with Crippen molar-refractivity contribution in [3.8, 4) is 0 Å². The molecule has 0 heterocycles. The van der Waals surface area contributed by atoms with Crippen LogP contribution in [0.2, 0.25) is 0 Å². The molecule has 0 bridgehead atoms. The molecule has 0 N–H and O–H groups in total. The lowest BCUT2D eigenvalue weighted by Gasteiger charge is -2.14. The molecule has 1 nitrogen and oxygen atoms in total. The zero-order valence-corrected chi connectivity index (χ0v) is 6.09. The maximum Gasteiger partial charge on any atom is 0.0180 e.